The molecule has 0 radical (unpaired) electrons. The maximum atomic E-state index is 13.4. The number of halogens is 3. The number of amides is 1. The van der Waals surface area contributed by atoms with Crippen LogP contribution in [0, 0.1) is 0 Å². The molecule has 0 aliphatic rings. The van der Waals surface area contributed by atoms with Crippen LogP contribution in [0.5, 0.6) is 5.75 Å². The van der Waals surface area contributed by atoms with E-state index in [1.54, 1.807) is 22.8 Å². The predicted octanol–water partition coefficient (Wildman–Crippen LogP) is 4.37. The van der Waals surface area contributed by atoms with E-state index in [9.17, 15) is 28.2 Å². The third-order valence-corrected chi connectivity index (χ3v) is 6.41. The molecule has 2 atom stereocenters. The molecule has 34 heavy (non-hydrogen) atoms. The largest absolute Gasteiger partial charge is 0.484 e. The van der Waals surface area contributed by atoms with Gasteiger partial charge in [-0.1, -0.05) is 24.3 Å². The monoisotopic (exact) mass is 491 g/mol. The highest BCUT2D eigenvalue weighted by molar-refractivity contribution is 7.16. The lowest BCUT2D eigenvalue weighted by Gasteiger charge is -2.19. The van der Waals surface area contributed by atoms with Crippen molar-refractivity contribution in [1.82, 2.24) is 9.55 Å². The van der Waals surface area contributed by atoms with Crippen molar-refractivity contribution in [3.05, 3.63) is 76.4 Å². The average molecular weight is 491 g/mol. The van der Waals surface area contributed by atoms with Crippen molar-refractivity contribution in [3.63, 3.8) is 0 Å². The van der Waals surface area contributed by atoms with Crippen LogP contribution in [0.1, 0.15) is 45.5 Å². The minimum absolute atomic E-state index is 0.0414. The molecule has 178 valence electrons. The summed E-state index contributed by atoms with van der Waals surface area (Å²) in [6, 6.07) is 11.5. The number of alkyl halides is 3. The third kappa shape index (κ3) is 4.49. The molecule has 0 saturated heterocycles. The quantitative estimate of drug-likeness (QED) is 0.356. The Kier molecular flexibility index (Phi) is 6.34. The highest BCUT2D eigenvalue weighted by Crippen LogP contribution is 2.39. The van der Waals surface area contributed by atoms with Gasteiger partial charge in [-0.15, -0.1) is 11.3 Å². The van der Waals surface area contributed by atoms with Gasteiger partial charge in [0, 0.05) is 11.6 Å². The molecule has 1 unspecified atom stereocenters. The Morgan fingerprint density at radius 3 is 2.65 bits per heavy atom. The van der Waals surface area contributed by atoms with Gasteiger partial charge < -0.3 is 20.7 Å². The number of hydrogen-bond donors (Lipinski definition) is 3. The van der Waals surface area contributed by atoms with Gasteiger partial charge in [0.15, 0.2) is 0 Å². The summed E-state index contributed by atoms with van der Waals surface area (Å²) in [6.07, 6.45) is -5.16. The van der Waals surface area contributed by atoms with Crippen LogP contribution < -0.4 is 10.5 Å². The topological polar surface area (TPSA) is 111 Å². The molecule has 0 fully saturated rings. The van der Waals surface area contributed by atoms with Gasteiger partial charge in [0.05, 0.1) is 23.2 Å². The maximum absolute atomic E-state index is 13.4. The molecular weight excluding hydrogens is 471 g/mol. The van der Waals surface area contributed by atoms with Gasteiger partial charge in [-0.3, -0.25) is 9.36 Å². The number of benzene rings is 2. The van der Waals surface area contributed by atoms with E-state index in [-0.39, 0.29) is 16.2 Å². The summed E-state index contributed by atoms with van der Waals surface area (Å²) in [5.41, 5.74) is 6.27. The zero-order chi connectivity index (χ0) is 24.6. The van der Waals surface area contributed by atoms with Gasteiger partial charge >= 0.3 is 6.18 Å². The van der Waals surface area contributed by atoms with E-state index in [2.05, 4.69) is 4.98 Å². The van der Waals surface area contributed by atoms with Crippen molar-refractivity contribution in [2.45, 2.75) is 25.3 Å². The minimum atomic E-state index is -4.56. The van der Waals surface area contributed by atoms with Crippen LogP contribution in [-0.4, -0.2) is 32.3 Å². The third-order valence-electron chi connectivity index (χ3n) is 5.28. The first-order valence-corrected chi connectivity index (χ1v) is 10.9. The molecule has 1 amide bonds. The Bertz CT molecular complexity index is 1350. The number of imidazole rings is 1. The van der Waals surface area contributed by atoms with Crippen LogP contribution in [0.15, 0.2) is 54.9 Å². The number of nitrogens with two attached hydrogens (primary N) is 1. The molecule has 0 aliphatic carbocycles. The number of nitrogens with zero attached hydrogens (tertiary/aromatic N) is 2. The number of hydrogen-bond acceptors (Lipinski definition) is 6. The SMILES string of the molecule is C[C@@H](Oc1cc(-n2cnc3ccc(C(O)CO)cc32)sc1C(N)=O)c1ccccc1C(F)(F)F. The first-order chi connectivity index (χ1) is 16.1. The number of carbonyl (C=O) groups excluding carboxylic acids is 1. The number of fused-ring (bicyclic) bond motifs is 1. The van der Waals surface area contributed by atoms with E-state index in [1.165, 1.54) is 37.5 Å². The van der Waals surface area contributed by atoms with Crippen molar-refractivity contribution in [2.24, 2.45) is 5.73 Å². The van der Waals surface area contributed by atoms with Gasteiger partial charge in [0.2, 0.25) is 0 Å². The number of aliphatic hydroxyl groups is 2. The van der Waals surface area contributed by atoms with E-state index >= 15 is 0 Å². The van der Waals surface area contributed by atoms with Crippen LogP contribution in [0.2, 0.25) is 0 Å². The molecule has 4 N–H and O–H groups in total. The lowest BCUT2D eigenvalue weighted by Crippen LogP contribution is -2.15. The summed E-state index contributed by atoms with van der Waals surface area (Å²) in [5.74, 6) is -0.742. The second-order valence-electron chi connectivity index (χ2n) is 7.55. The van der Waals surface area contributed by atoms with E-state index < -0.39 is 36.5 Å². The van der Waals surface area contributed by atoms with Crippen LogP contribution in [0.4, 0.5) is 13.2 Å². The Labute approximate surface area is 195 Å². The molecule has 0 spiro atoms. The minimum Gasteiger partial charge on any atom is -0.484 e. The Balaban J connectivity index is 1.74. The normalized spacial score (nSPS) is 13.7. The average Bonchev–Trinajstić information content (AvgIpc) is 3.41. The zero-order valence-corrected chi connectivity index (χ0v) is 18.6. The summed E-state index contributed by atoms with van der Waals surface area (Å²) in [7, 11) is 0. The van der Waals surface area contributed by atoms with E-state index in [1.807, 2.05) is 0 Å². The second-order valence-corrected chi connectivity index (χ2v) is 8.58. The second kappa shape index (κ2) is 9.09. The molecule has 4 rings (SSSR count). The van der Waals surface area contributed by atoms with Crippen LogP contribution >= 0.6 is 11.3 Å². The molecule has 2 aromatic heterocycles. The van der Waals surface area contributed by atoms with E-state index in [0.29, 0.717) is 21.6 Å². The van der Waals surface area contributed by atoms with E-state index in [0.717, 1.165) is 17.4 Å². The van der Waals surface area contributed by atoms with Gasteiger partial charge in [-0.05, 0) is 30.7 Å². The van der Waals surface area contributed by atoms with Crippen LogP contribution in [0.3, 0.4) is 0 Å². The van der Waals surface area contributed by atoms with Crippen LogP contribution in [-0.2, 0) is 6.18 Å². The lowest BCUT2D eigenvalue weighted by molar-refractivity contribution is -0.139. The summed E-state index contributed by atoms with van der Waals surface area (Å²) in [6.45, 7) is 1.00. The number of primary amides is 1. The maximum Gasteiger partial charge on any atom is 0.416 e. The predicted molar refractivity (Wildman–Crippen MR) is 120 cm³/mol. The molecule has 0 bridgehead atoms. The highest BCUT2D eigenvalue weighted by atomic mass is 32.1. The van der Waals surface area contributed by atoms with Crippen molar-refractivity contribution >= 4 is 28.3 Å². The zero-order valence-electron chi connectivity index (χ0n) is 17.8. The number of aromatic nitrogens is 2. The number of rotatable bonds is 7. The van der Waals surface area contributed by atoms with Gasteiger partial charge in [0.1, 0.15) is 34.2 Å². The molecule has 4 aromatic rings. The molecular formula is C23H20F3N3O4S. The fourth-order valence-corrected chi connectivity index (χ4v) is 4.54. The fourth-order valence-electron chi connectivity index (χ4n) is 3.62. The van der Waals surface area contributed by atoms with E-state index in [4.69, 9.17) is 10.5 Å². The first-order valence-electron chi connectivity index (χ1n) is 10.1. The molecule has 2 heterocycles. The molecule has 0 aliphatic heterocycles. The van der Waals surface area contributed by atoms with Crippen molar-refractivity contribution < 1.29 is 32.9 Å². The lowest BCUT2D eigenvalue weighted by atomic mass is 10.0. The Hall–Kier alpha value is -3.41. The molecule has 2 aromatic carbocycles. The fraction of sp³-hybridized carbons (Fsp3) is 0.217. The standard InChI is InChI=1S/C23H20F3N3O4S/c1-12(14-4-2-3-5-15(14)23(24,25)26)33-19-9-20(34-21(19)22(27)32)29-11-28-16-7-6-13(8-17(16)29)18(31)10-30/h2-9,11-12,18,30-31H,10H2,1H3,(H2,27,32)/t12-,18?/m1/s1. The number of aliphatic hydroxyl groups excluding tert-OH is 2. The Morgan fingerprint density at radius 2 is 1.97 bits per heavy atom. The van der Waals surface area contributed by atoms with Gasteiger partial charge in [-0.25, -0.2) is 4.98 Å². The highest BCUT2D eigenvalue weighted by Gasteiger charge is 2.35. The molecule has 11 heteroatoms. The van der Waals surface area contributed by atoms with Gasteiger partial charge in [0.25, 0.3) is 5.91 Å². The smallest absolute Gasteiger partial charge is 0.416 e. The van der Waals surface area contributed by atoms with Gasteiger partial charge in [-0.2, -0.15) is 13.2 Å². The number of thiophene rings is 1. The summed E-state index contributed by atoms with van der Waals surface area (Å²) >= 11 is 0.996. The summed E-state index contributed by atoms with van der Waals surface area (Å²) in [4.78, 5) is 16.4. The number of ether oxygens (including phenoxy) is 1. The van der Waals surface area contributed by atoms with Crippen molar-refractivity contribution in [2.75, 3.05) is 6.61 Å². The van der Waals surface area contributed by atoms with Crippen molar-refractivity contribution in [3.8, 4) is 10.8 Å². The first kappa shape index (κ1) is 23.7. The van der Waals surface area contributed by atoms with Crippen molar-refractivity contribution in [1.29, 1.82) is 0 Å². The Morgan fingerprint density at radius 1 is 1.24 bits per heavy atom. The molecule has 0 saturated carbocycles. The van der Waals surface area contributed by atoms with Crippen LogP contribution in [0.25, 0.3) is 16.0 Å². The number of carbonyl (C=O) groups is 1. The molecule has 7 nitrogen and oxygen atoms in total. The summed E-state index contributed by atoms with van der Waals surface area (Å²) in [5, 5.41) is 19.7. The summed E-state index contributed by atoms with van der Waals surface area (Å²) < 4.78 is 47.8.